The number of nitrogens with zero attached hydrogens (tertiary/aromatic N) is 4. The molecule has 2 heterocycles. The van der Waals surface area contributed by atoms with Gasteiger partial charge in [0.2, 0.25) is 5.78 Å². The Morgan fingerprint density at radius 2 is 1.60 bits per heavy atom. The summed E-state index contributed by atoms with van der Waals surface area (Å²) in [5.74, 6) is -0.723. The highest BCUT2D eigenvalue weighted by molar-refractivity contribution is 6.11. The summed E-state index contributed by atoms with van der Waals surface area (Å²) in [6.07, 6.45) is 0. The van der Waals surface area contributed by atoms with Crippen LogP contribution in [0.15, 0.2) is 60.7 Å². The third kappa shape index (κ3) is 5.02. The Hall–Kier alpha value is -4.17. The lowest BCUT2D eigenvalue weighted by molar-refractivity contribution is 0.103. The van der Waals surface area contributed by atoms with Crippen molar-refractivity contribution in [2.24, 2.45) is 0 Å². The van der Waals surface area contributed by atoms with Crippen molar-refractivity contribution in [3.63, 3.8) is 0 Å². The first-order valence-electron chi connectivity index (χ1n) is 11.2. The topological polar surface area (TPSA) is 101 Å². The molecule has 2 aromatic carbocycles. The second-order valence-corrected chi connectivity index (χ2v) is 8.63. The van der Waals surface area contributed by atoms with Crippen molar-refractivity contribution in [1.82, 2.24) is 19.7 Å². The maximum atomic E-state index is 13.5. The van der Waals surface area contributed by atoms with Gasteiger partial charge in [-0.05, 0) is 64.3 Å². The van der Waals surface area contributed by atoms with E-state index in [-0.39, 0.29) is 11.4 Å². The summed E-state index contributed by atoms with van der Waals surface area (Å²) < 4.78 is 7.29. The van der Waals surface area contributed by atoms with Gasteiger partial charge in [-0.25, -0.2) is 0 Å². The second kappa shape index (κ2) is 9.99. The maximum absolute atomic E-state index is 13.5. The van der Waals surface area contributed by atoms with E-state index in [1.807, 2.05) is 38.1 Å². The minimum absolute atomic E-state index is 0.0648. The summed E-state index contributed by atoms with van der Waals surface area (Å²) >= 11 is 0. The largest absolute Gasteiger partial charge is 0.503 e. The quantitative estimate of drug-likeness (QED) is 0.372. The summed E-state index contributed by atoms with van der Waals surface area (Å²) in [6, 6.07) is 17.6. The molecule has 35 heavy (non-hydrogen) atoms. The molecule has 4 rings (SSSR count). The monoisotopic (exact) mass is 472 g/mol. The van der Waals surface area contributed by atoms with Crippen LogP contribution in [0.2, 0.25) is 0 Å². The molecule has 8 heteroatoms. The number of benzene rings is 2. The molecule has 0 aliphatic carbocycles. The number of carbonyl (C=O) groups excluding carboxylic acids is 1. The Morgan fingerprint density at radius 1 is 0.914 bits per heavy atom. The van der Waals surface area contributed by atoms with Crippen LogP contribution in [0.1, 0.15) is 27.3 Å². The Balaban J connectivity index is 1.84. The van der Waals surface area contributed by atoms with Crippen LogP contribution in [0.4, 0.5) is 0 Å². The van der Waals surface area contributed by atoms with Crippen LogP contribution in [-0.2, 0) is 0 Å². The van der Waals surface area contributed by atoms with Gasteiger partial charge in [0.1, 0.15) is 29.4 Å². The van der Waals surface area contributed by atoms with Crippen molar-refractivity contribution >= 4 is 5.78 Å². The zero-order valence-corrected chi connectivity index (χ0v) is 20.2. The molecule has 0 aliphatic rings. The van der Waals surface area contributed by atoms with Gasteiger partial charge in [-0.1, -0.05) is 29.8 Å². The molecule has 180 valence electrons. The number of ketones is 1. The smallest absolute Gasteiger partial charge is 0.213 e. The molecule has 2 N–H and O–H groups in total. The number of hydrogen-bond donors (Lipinski definition) is 2. The molecular formula is C27H28N4O4. The average molecular weight is 473 g/mol. The normalized spacial score (nSPS) is 11.1. The number of ether oxygens (including phenoxy) is 1. The van der Waals surface area contributed by atoms with E-state index in [0.717, 1.165) is 12.1 Å². The van der Waals surface area contributed by atoms with Gasteiger partial charge in [-0.2, -0.15) is 5.10 Å². The average Bonchev–Trinajstić information content (AvgIpc) is 3.10. The van der Waals surface area contributed by atoms with Crippen LogP contribution in [0.25, 0.3) is 17.1 Å². The van der Waals surface area contributed by atoms with Crippen LogP contribution in [0.5, 0.6) is 17.2 Å². The number of aromatic hydroxyl groups is 2. The second-order valence-electron chi connectivity index (χ2n) is 8.63. The van der Waals surface area contributed by atoms with Gasteiger partial charge in [-0.15, -0.1) is 5.10 Å². The molecule has 0 radical (unpaired) electrons. The fraction of sp³-hybridized carbons (Fsp3) is 0.222. The van der Waals surface area contributed by atoms with Crippen LogP contribution in [0, 0.1) is 13.8 Å². The van der Waals surface area contributed by atoms with E-state index in [1.165, 1.54) is 4.57 Å². The van der Waals surface area contributed by atoms with E-state index >= 15 is 0 Å². The molecule has 8 nitrogen and oxygen atoms in total. The lowest BCUT2D eigenvalue weighted by Crippen LogP contribution is -2.19. The molecule has 0 amide bonds. The molecule has 0 saturated carbocycles. The lowest BCUT2D eigenvalue weighted by Gasteiger charge is -2.14. The molecule has 2 aromatic heterocycles. The van der Waals surface area contributed by atoms with Gasteiger partial charge in [0.15, 0.2) is 11.5 Å². The first kappa shape index (κ1) is 24.0. The highest BCUT2D eigenvalue weighted by atomic mass is 16.5. The van der Waals surface area contributed by atoms with Crippen molar-refractivity contribution in [1.29, 1.82) is 0 Å². The Labute approximate surface area is 204 Å². The number of likely N-dealkylation sites (N-methyl/N-ethyl adjacent to an activating group) is 1. The molecule has 0 unspecified atom stereocenters. The minimum Gasteiger partial charge on any atom is -0.503 e. The van der Waals surface area contributed by atoms with E-state index in [0.29, 0.717) is 35.0 Å². The lowest BCUT2D eigenvalue weighted by atomic mass is 10.1. The predicted octanol–water partition coefficient (Wildman–Crippen LogP) is 4.13. The van der Waals surface area contributed by atoms with E-state index < -0.39 is 17.3 Å². The van der Waals surface area contributed by atoms with Gasteiger partial charge in [0, 0.05) is 17.8 Å². The maximum Gasteiger partial charge on any atom is 0.213 e. The Bertz CT molecular complexity index is 1330. The van der Waals surface area contributed by atoms with Crippen LogP contribution < -0.4 is 4.74 Å². The fourth-order valence-electron chi connectivity index (χ4n) is 3.66. The van der Waals surface area contributed by atoms with Gasteiger partial charge in [0.25, 0.3) is 0 Å². The third-order valence-electron chi connectivity index (χ3n) is 5.59. The number of rotatable bonds is 8. The molecule has 0 atom stereocenters. The molecule has 0 aliphatic heterocycles. The molecule has 0 spiro atoms. The van der Waals surface area contributed by atoms with E-state index in [9.17, 15) is 15.0 Å². The fourth-order valence-corrected chi connectivity index (χ4v) is 3.66. The number of hydrogen-bond acceptors (Lipinski definition) is 7. The number of aromatic nitrogens is 3. The summed E-state index contributed by atoms with van der Waals surface area (Å²) in [5.41, 5.74) is 3.06. The van der Waals surface area contributed by atoms with E-state index in [1.54, 1.807) is 55.5 Å². The van der Waals surface area contributed by atoms with Crippen molar-refractivity contribution < 1.29 is 19.7 Å². The van der Waals surface area contributed by atoms with Gasteiger partial charge in [0.05, 0.1) is 5.69 Å². The highest BCUT2D eigenvalue weighted by Crippen LogP contribution is 2.44. The van der Waals surface area contributed by atoms with Gasteiger partial charge < -0.3 is 19.8 Å². The molecule has 0 fully saturated rings. The van der Waals surface area contributed by atoms with Crippen molar-refractivity contribution in [2.75, 3.05) is 27.2 Å². The van der Waals surface area contributed by atoms with E-state index in [2.05, 4.69) is 10.2 Å². The van der Waals surface area contributed by atoms with Crippen LogP contribution >= 0.6 is 0 Å². The van der Waals surface area contributed by atoms with Crippen molar-refractivity contribution in [3.05, 3.63) is 83.2 Å². The zero-order chi connectivity index (χ0) is 25.1. The van der Waals surface area contributed by atoms with Crippen LogP contribution in [0.3, 0.4) is 0 Å². The number of aryl methyl sites for hydroxylation is 2. The SMILES string of the molecule is Cc1ccc(C(=O)c2c(O)c(O)c(-c3ccc(C)nn3)n2-c2ccc(OCCN(C)C)cc2)cc1. The number of carbonyl (C=O) groups is 1. The Kier molecular flexibility index (Phi) is 6.84. The highest BCUT2D eigenvalue weighted by Gasteiger charge is 2.30. The third-order valence-corrected chi connectivity index (χ3v) is 5.59. The van der Waals surface area contributed by atoms with E-state index in [4.69, 9.17) is 4.74 Å². The molecular weight excluding hydrogens is 444 g/mol. The summed E-state index contributed by atoms with van der Waals surface area (Å²) in [6.45, 7) is 5.02. The Morgan fingerprint density at radius 3 is 2.20 bits per heavy atom. The van der Waals surface area contributed by atoms with Crippen LogP contribution in [-0.4, -0.2) is 62.9 Å². The minimum atomic E-state index is -0.515. The molecule has 0 bridgehead atoms. The summed E-state index contributed by atoms with van der Waals surface area (Å²) in [7, 11) is 3.94. The first-order valence-corrected chi connectivity index (χ1v) is 11.2. The van der Waals surface area contributed by atoms with Crippen molar-refractivity contribution in [3.8, 4) is 34.3 Å². The van der Waals surface area contributed by atoms with Crippen molar-refractivity contribution in [2.45, 2.75) is 13.8 Å². The summed E-state index contributed by atoms with van der Waals surface area (Å²) in [4.78, 5) is 15.6. The van der Waals surface area contributed by atoms with Gasteiger partial charge >= 0.3 is 0 Å². The zero-order valence-electron chi connectivity index (χ0n) is 20.2. The molecule has 0 saturated heterocycles. The molecule has 4 aromatic rings. The van der Waals surface area contributed by atoms with Gasteiger partial charge in [-0.3, -0.25) is 9.36 Å². The predicted molar refractivity (Wildman–Crippen MR) is 134 cm³/mol. The standard InChI is InChI=1S/C27H28N4O4/c1-17-5-8-19(9-6-17)25(32)24-27(34)26(33)23(22-14-7-18(2)28-29-22)31(24)20-10-12-21(13-11-20)35-16-15-30(3)4/h5-14,33-34H,15-16H2,1-4H3. The summed E-state index contributed by atoms with van der Waals surface area (Å²) in [5, 5.41) is 30.1. The first-order chi connectivity index (χ1) is 16.8.